The standard InChI is InChI=1S/C23H23F3N6O/c1-14-11-21(23(24,25)26)30-32(14)10-6-9-27-22(33)17-12-20(18-13-31(3)29-15(18)2)28-19-8-5-4-7-16(17)19/h4-5,7-8,11-13H,6,9-10H2,1-3H3,(H,27,33). The van der Waals surface area contributed by atoms with Gasteiger partial charge in [-0.2, -0.15) is 23.4 Å². The third kappa shape index (κ3) is 4.74. The Morgan fingerprint density at radius 3 is 2.55 bits per heavy atom. The lowest BCUT2D eigenvalue weighted by molar-refractivity contribution is -0.141. The molecular weight excluding hydrogens is 433 g/mol. The van der Waals surface area contributed by atoms with E-state index in [4.69, 9.17) is 4.98 Å². The second-order valence-corrected chi connectivity index (χ2v) is 7.88. The summed E-state index contributed by atoms with van der Waals surface area (Å²) < 4.78 is 41.5. The normalized spacial score (nSPS) is 11.8. The van der Waals surface area contributed by atoms with E-state index < -0.39 is 11.9 Å². The van der Waals surface area contributed by atoms with Crippen LogP contribution in [0.4, 0.5) is 13.2 Å². The van der Waals surface area contributed by atoms with Gasteiger partial charge in [-0.15, -0.1) is 0 Å². The number of nitrogens with one attached hydrogen (secondary N) is 1. The van der Waals surface area contributed by atoms with Gasteiger partial charge in [0.1, 0.15) is 0 Å². The van der Waals surface area contributed by atoms with Gasteiger partial charge < -0.3 is 5.32 Å². The number of carbonyl (C=O) groups excluding carboxylic acids is 1. The Kier molecular flexibility index (Phi) is 5.92. The number of aromatic nitrogens is 5. The molecule has 172 valence electrons. The van der Waals surface area contributed by atoms with Gasteiger partial charge in [-0.05, 0) is 38.5 Å². The molecule has 4 rings (SSSR count). The van der Waals surface area contributed by atoms with Crippen LogP contribution in [0.15, 0.2) is 42.6 Å². The quantitative estimate of drug-likeness (QED) is 0.439. The molecule has 0 saturated heterocycles. The third-order valence-corrected chi connectivity index (χ3v) is 5.35. The zero-order valence-electron chi connectivity index (χ0n) is 18.4. The summed E-state index contributed by atoms with van der Waals surface area (Å²) in [6.45, 7) is 4.01. The number of halogens is 3. The van der Waals surface area contributed by atoms with E-state index in [9.17, 15) is 18.0 Å². The Hall–Kier alpha value is -3.69. The van der Waals surface area contributed by atoms with Crippen molar-refractivity contribution in [1.82, 2.24) is 29.9 Å². The number of amides is 1. The van der Waals surface area contributed by atoms with Crippen LogP contribution < -0.4 is 5.32 Å². The summed E-state index contributed by atoms with van der Waals surface area (Å²) in [5.74, 6) is -0.274. The average Bonchev–Trinajstić information content (AvgIpc) is 3.31. The molecule has 4 aromatic rings. The van der Waals surface area contributed by atoms with Crippen molar-refractivity contribution < 1.29 is 18.0 Å². The minimum Gasteiger partial charge on any atom is -0.352 e. The maximum absolute atomic E-state index is 13.0. The highest BCUT2D eigenvalue weighted by atomic mass is 19.4. The summed E-state index contributed by atoms with van der Waals surface area (Å²) in [6.07, 6.45) is -2.18. The first kappa shape index (κ1) is 22.5. The molecule has 1 amide bonds. The first-order valence-electron chi connectivity index (χ1n) is 10.4. The molecule has 0 unspecified atom stereocenters. The third-order valence-electron chi connectivity index (χ3n) is 5.35. The zero-order chi connectivity index (χ0) is 23.8. The molecule has 0 radical (unpaired) electrons. The van der Waals surface area contributed by atoms with Crippen LogP contribution in [0.1, 0.15) is 33.9 Å². The fourth-order valence-corrected chi connectivity index (χ4v) is 3.75. The fourth-order valence-electron chi connectivity index (χ4n) is 3.75. The molecule has 0 bridgehead atoms. The number of aryl methyl sites for hydroxylation is 4. The predicted molar refractivity (Wildman–Crippen MR) is 118 cm³/mol. The van der Waals surface area contributed by atoms with Crippen LogP contribution in [-0.4, -0.2) is 37.0 Å². The number of alkyl halides is 3. The zero-order valence-corrected chi connectivity index (χ0v) is 18.4. The molecule has 3 heterocycles. The highest BCUT2D eigenvalue weighted by Gasteiger charge is 2.34. The largest absolute Gasteiger partial charge is 0.435 e. The highest BCUT2D eigenvalue weighted by Crippen LogP contribution is 2.29. The van der Waals surface area contributed by atoms with E-state index in [1.54, 1.807) is 17.7 Å². The van der Waals surface area contributed by atoms with Gasteiger partial charge in [-0.3, -0.25) is 14.2 Å². The molecule has 0 atom stereocenters. The van der Waals surface area contributed by atoms with Gasteiger partial charge in [-0.25, -0.2) is 4.98 Å². The summed E-state index contributed by atoms with van der Waals surface area (Å²) in [5.41, 5.74) is 2.97. The molecule has 3 aromatic heterocycles. The molecular formula is C23H23F3N6O. The van der Waals surface area contributed by atoms with E-state index in [2.05, 4.69) is 15.5 Å². The van der Waals surface area contributed by atoms with E-state index in [1.807, 2.05) is 44.4 Å². The monoisotopic (exact) mass is 456 g/mol. The van der Waals surface area contributed by atoms with Crippen molar-refractivity contribution in [1.29, 1.82) is 0 Å². The SMILES string of the molecule is Cc1nn(C)cc1-c1cc(C(=O)NCCCn2nc(C(F)(F)F)cc2C)c2ccccc2n1. The number of para-hydroxylation sites is 1. The highest BCUT2D eigenvalue weighted by molar-refractivity contribution is 6.07. The van der Waals surface area contributed by atoms with Crippen LogP contribution in [0.3, 0.4) is 0 Å². The van der Waals surface area contributed by atoms with Crippen LogP contribution in [-0.2, 0) is 19.8 Å². The van der Waals surface area contributed by atoms with Gasteiger partial charge in [0.2, 0.25) is 0 Å². The second kappa shape index (κ2) is 8.68. The van der Waals surface area contributed by atoms with Gasteiger partial charge in [0.05, 0.1) is 22.5 Å². The Bertz CT molecular complexity index is 1320. The predicted octanol–water partition coefficient (Wildman–Crippen LogP) is 4.29. The number of fused-ring (bicyclic) bond motifs is 1. The van der Waals surface area contributed by atoms with Gasteiger partial charge in [-0.1, -0.05) is 18.2 Å². The van der Waals surface area contributed by atoms with E-state index in [1.165, 1.54) is 4.68 Å². The number of hydrogen-bond donors (Lipinski definition) is 1. The maximum atomic E-state index is 13.0. The lowest BCUT2D eigenvalue weighted by atomic mass is 10.0. The Morgan fingerprint density at radius 1 is 1.12 bits per heavy atom. The van der Waals surface area contributed by atoms with Crippen molar-refractivity contribution in [2.45, 2.75) is 33.0 Å². The lowest BCUT2D eigenvalue weighted by Crippen LogP contribution is -2.26. The van der Waals surface area contributed by atoms with Gasteiger partial charge in [0, 0.05) is 43.0 Å². The molecule has 10 heteroatoms. The summed E-state index contributed by atoms with van der Waals surface area (Å²) in [5, 5.41) is 11.6. The number of benzene rings is 1. The van der Waals surface area contributed by atoms with Crippen LogP contribution in [0, 0.1) is 13.8 Å². The summed E-state index contributed by atoms with van der Waals surface area (Å²) >= 11 is 0. The van der Waals surface area contributed by atoms with Crippen molar-refractivity contribution in [2.75, 3.05) is 6.54 Å². The molecule has 1 aromatic carbocycles. The van der Waals surface area contributed by atoms with Crippen LogP contribution >= 0.6 is 0 Å². The lowest BCUT2D eigenvalue weighted by Gasteiger charge is -2.11. The molecule has 0 saturated carbocycles. The Morgan fingerprint density at radius 2 is 1.88 bits per heavy atom. The van der Waals surface area contributed by atoms with E-state index in [0.29, 0.717) is 28.9 Å². The molecule has 1 N–H and O–H groups in total. The smallest absolute Gasteiger partial charge is 0.352 e. The van der Waals surface area contributed by atoms with Crippen molar-refractivity contribution in [3.8, 4) is 11.3 Å². The number of hydrogen-bond acceptors (Lipinski definition) is 4. The number of rotatable bonds is 6. The molecule has 0 fully saturated rings. The summed E-state index contributed by atoms with van der Waals surface area (Å²) in [4.78, 5) is 17.7. The molecule has 33 heavy (non-hydrogen) atoms. The molecule has 7 nitrogen and oxygen atoms in total. The summed E-state index contributed by atoms with van der Waals surface area (Å²) in [7, 11) is 1.82. The first-order valence-corrected chi connectivity index (χ1v) is 10.4. The summed E-state index contributed by atoms with van der Waals surface area (Å²) in [6, 6.07) is 10.1. The Balaban J connectivity index is 1.50. The van der Waals surface area contributed by atoms with Crippen LogP contribution in [0.5, 0.6) is 0 Å². The van der Waals surface area contributed by atoms with E-state index in [-0.39, 0.29) is 19.0 Å². The van der Waals surface area contributed by atoms with Crippen molar-refractivity contribution >= 4 is 16.8 Å². The molecule has 0 aliphatic heterocycles. The topological polar surface area (TPSA) is 77.6 Å². The van der Waals surface area contributed by atoms with Gasteiger partial charge >= 0.3 is 6.18 Å². The first-order chi connectivity index (χ1) is 15.6. The Labute approximate surface area is 188 Å². The second-order valence-electron chi connectivity index (χ2n) is 7.88. The van der Waals surface area contributed by atoms with Crippen molar-refractivity contribution in [3.63, 3.8) is 0 Å². The average molecular weight is 456 g/mol. The molecule has 0 spiro atoms. The van der Waals surface area contributed by atoms with E-state index >= 15 is 0 Å². The molecule has 0 aliphatic rings. The number of pyridine rings is 1. The minimum absolute atomic E-state index is 0.263. The van der Waals surface area contributed by atoms with Gasteiger partial charge in [0.15, 0.2) is 5.69 Å². The maximum Gasteiger partial charge on any atom is 0.435 e. The van der Waals surface area contributed by atoms with Crippen molar-refractivity contribution in [2.24, 2.45) is 7.05 Å². The number of carbonyl (C=O) groups is 1. The molecule has 0 aliphatic carbocycles. The minimum atomic E-state index is -4.48. The van der Waals surface area contributed by atoms with Crippen LogP contribution in [0.2, 0.25) is 0 Å². The number of nitrogens with zero attached hydrogens (tertiary/aromatic N) is 5. The van der Waals surface area contributed by atoms with Gasteiger partial charge in [0.25, 0.3) is 5.91 Å². The fraction of sp³-hybridized carbons (Fsp3) is 0.304. The van der Waals surface area contributed by atoms with Crippen LogP contribution in [0.25, 0.3) is 22.2 Å². The van der Waals surface area contributed by atoms with E-state index in [0.717, 1.165) is 22.7 Å². The van der Waals surface area contributed by atoms with Crippen molar-refractivity contribution in [3.05, 3.63) is 65.2 Å².